The van der Waals surface area contributed by atoms with E-state index in [2.05, 4.69) is 163 Å². The van der Waals surface area contributed by atoms with E-state index in [1.54, 1.807) is 0 Å². The maximum absolute atomic E-state index is 5.10. The second-order valence-corrected chi connectivity index (χ2v) is 16.4. The maximum Gasteiger partial charge on any atom is 0.164 e. The summed E-state index contributed by atoms with van der Waals surface area (Å²) in [5.41, 5.74) is 15.9. The number of para-hydroxylation sites is 1. The summed E-state index contributed by atoms with van der Waals surface area (Å²) < 4.78 is 4.96. The first-order valence-corrected chi connectivity index (χ1v) is 20.9. The fourth-order valence-electron chi connectivity index (χ4n) is 9.78. The van der Waals surface area contributed by atoms with E-state index in [9.17, 15) is 0 Å². The van der Waals surface area contributed by atoms with Gasteiger partial charge in [0.2, 0.25) is 0 Å². The van der Waals surface area contributed by atoms with E-state index in [4.69, 9.17) is 15.0 Å². The van der Waals surface area contributed by atoms with Crippen LogP contribution in [0, 0.1) is 0 Å². The highest BCUT2D eigenvalue weighted by molar-refractivity contribution is 6.23. The molecule has 61 heavy (non-hydrogen) atoms. The largest absolute Gasteiger partial charge is 0.309 e. The molecule has 1 aliphatic carbocycles. The van der Waals surface area contributed by atoms with Gasteiger partial charge in [0.05, 0.1) is 22.2 Å². The van der Waals surface area contributed by atoms with Gasteiger partial charge in [-0.1, -0.05) is 172 Å². The lowest BCUT2D eigenvalue weighted by Gasteiger charge is -2.21. The van der Waals surface area contributed by atoms with Crippen molar-refractivity contribution in [2.24, 2.45) is 0 Å². The van der Waals surface area contributed by atoms with Crippen LogP contribution in [-0.4, -0.2) is 24.1 Å². The highest BCUT2D eigenvalue weighted by Crippen LogP contribution is 2.55. The molecule has 0 saturated carbocycles. The lowest BCUT2D eigenvalue weighted by atomic mass is 9.81. The van der Waals surface area contributed by atoms with Gasteiger partial charge in [-0.05, 0) is 64.7 Å². The Bertz CT molecular complexity index is 3420. The molecule has 0 N–H and O–H groups in total. The molecule has 288 valence electrons. The first kappa shape index (κ1) is 35.1. The van der Waals surface area contributed by atoms with Crippen molar-refractivity contribution in [3.63, 3.8) is 0 Å². The molecule has 5 nitrogen and oxygen atoms in total. The summed E-state index contributed by atoms with van der Waals surface area (Å²) in [6, 6.07) is 71.1. The van der Waals surface area contributed by atoms with Crippen molar-refractivity contribution >= 4 is 32.7 Å². The first-order valence-electron chi connectivity index (χ1n) is 20.9. The average molecular weight is 782 g/mol. The molecular weight excluding hydrogens is 743 g/mol. The van der Waals surface area contributed by atoms with Gasteiger partial charge in [-0.25, -0.2) is 15.0 Å². The normalized spacial score (nSPS) is 12.9. The molecule has 0 aliphatic heterocycles. The van der Waals surface area contributed by atoms with Crippen LogP contribution in [-0.2, 0) is 5.41 Å². The topological polar surface area (TPSA) is 48.5 Å². The van der Waals surface area contributed by atoms with Crippen LogP contribution < -0.4 is 0 Å². The lowest BCUT2D eigenvalue weighted by Crippen LogP contribution is -2.14. The summed E-state index contributed by atoms with van der Waals surface area (Å²) in [5, 5.41) is 3.70. The van der Waals surface area contributed by atoms with Gasteiger partial charge in [-0.15, -0.1) is 0 Å². The summed E-state index contributed by atoms with van der Waals surface area (Å²) in [6.07, 6.45) is 0. The Hall–Kier alpha value is -7.89. The second kappa shape index (κ2) is 13.6. The predicted molar refractivity (Wildman–Crippen MR) is 250 cm³/mol. The number of rotatable bonds is 6. The van der Waals surface area contributed by atoms with Crippen molar-refractivity contribution in [1.82, 2.24) is 24.1 Å². The Morgan fingerprint density at radius 3 is 1.61 bits per heavy atom. The number of nitrogens with zero attached hydrogens (tertiary/aromatic N) is 5. The molecular formula is C56H39N5. The molecule has 12 rings (SSSR count). The molecule has 0 bridgehead atoms. The van der Waals surface area contributed by atoms with Crippen molar-refractivity contribution < 1.29 is 0 Å². The number of hydrogen-bond donors (Lipinski definition) is 0. The molecule has 8 aromatic carbocycles. The van der Waals surface area contributed by atoms with E-state index < -0.39 is 0 Å². The molecule has 1 aliphatic rings. The van der Waals surface area contributed by atoms with Crippen molar-refractivity contribution in [3.05, 3.63) is 211 Å². The smallest absolute Gasteiger partial charge is 0.164 e. The van der Waals surface area contributed by atoms with Crippen molar-refractivity contribution in [1.29, 1.82) is 0 Å². The fourth-order valence-corrected chi connectivity index (χ4v) is 9.78. The summed E-state index contributed by atoms with van der Waals surface area (Å²) in [4.78, 5) is 15.2. The minimum absolute atomic E-state index is 0.193. The van der Waals surface area contributed by atoms with Crippen molar-refractivity contribution in [2.75, 3.05) is 0 Å². The van der Waals surface area contributed by atoms with Crippen molar-refractivity contribution in [3.8, 4) is 67.9 Å². The van der Waals surface area contributed by atoms with Crippen LogP contribution in [0.5, 0.6) is 0 Å². The summed E-state index contributed by atoms with van der Waals surface area (Å²) in [5.74, 6) is 1.91. The fraction of sp³-hybridized carbons (Fsp3) is 0.0536. The van der Waals surface area contributed by atoms with E-state index in [0.29, 0.717) is 17.5 Å². The number of aromatic nitrogens is 5. The minimum Gasteiger partial charge on any atom is -0.309 e. The Morgan fingerprint density at radius 1 is 0.393 bits per heavy atom. The summed E-state index contributed by atoms with van der Waals surface area (Å²) in [7, 11) is 0. The monoisotopic (exact) mass is 781 g/mol. The number of hydrogen-bond acceptors (Lipinski definition) is 3. The average Bonchev–Trinajstić information content (AvgIpc) is 3.93. The van der Waals surface area contributed by atoms with E-state index >= 15 is 0 Å². The van der Waals surface area contributed by atoms with Crippen LogP contribution >= 0.6 is 0 Å². The third-order valence-corrected chi connectivity index (χ3v) is 12.5. The van der Waals surface area contributed by atoms with Crippen LogP contribution in [0.15, 0.2) is 200 Å². The van der Waals surface area contributed by atoms with Gasteiger partial charge in [0.1, 0.15) is 0 Å². The molecule has 0 fully saturated rings. The standard InChI is InChI=1S/C56H39N5/c1-56(2)46-29-16-15-28-43(46)52-50(56)44-31-33-48-49(51(44)61(52)41-25-13-6-14-26-41)45-35-39(36-18-7-3-8-19-36)30-32-47(45)60(48)42-27-17-24-40(34-42)55-58-53(37-20-9-4-10-21-37)57-54(59-55)38-22-11-5-12-23-38/h3-35H,1-2H3. The zero-order chi connectivity index (χ0) is 40.7. The number of benzene rings is 8. The molecule has 0 saturated heterocycles. The number of fused-ring (bicyclic) bond motifs is 9. The SMILES string of the molecule is CC1(C)c2ccccc2-c2c1c1ccc3c(c4cc(-c5ccccc5)ccc4n3-c3cccc(-c4nc(-c5ccccc5)nc(-c5ccccc5)n4)c3)c1n2-c1ccccc1. The predicted octanol–water partition coefficient (Wildman–Crippen LogP) is 13.9. The Labute approximate surface area is 353 Å². The van der Waals surface area contributed by atoms with Gasteiger partial charge in [0.15, 0.2) is 17.5 Å². The van der Waals surface area contributed by atoms with Crippen LogP contribution in [0.2, 0.25) is 0 Å². The second-order valence-electron chi connectivity index (χ2n) is 16.4. The molecule has 0 unspecified atom stereocenters. The van der Waals surface area contributed by atoms with Gasteiger partial charge < -0.3 is 9.13 Å². The zero-order valence-corrected chi connectivity index (χ0v) is 33.8. The molecule has 5 heteroatoms. The molecule has 11 aromatic rings. The minimum atomic E-state index is -0.193. The van der Waals surface area contributed by atoms with E-state index in [0.717, 1.165) is 39.1 Å². The van der Waals surface area contributed by atoms with Gasteiger partial charge in [-0.2, -0.15) is 0 Å². The van der Waals surface area contributed by atoms with E-state index in [1.165, 1.54) is 55.2 Å². The van der Waals surface area contributed by atoms with Gasteiger partial charge in [0.25, 0.3) is 0 Å². The van der Waals surface area contributed by atoms with Crippen LogP contribution in [0.4, 0.5) is 0 Å². The maximum atomic E-state index is 5.10. The lowest BCUT2D eigenvalue weighted by molar-refractivity contribution is 0.666. The highest BCUT2D eigenvalue weighted by Gasteiger charge is 2.41. The third kappa shape index (κ3) is 5.44. The Morgan fingerprint density at radius 2 is 0.934 bits per heavy atom. The molecule has 3 aromatic heterocycles. The van der Waals surface area contributed by atoms with Gasteiger partial charge in [-0.3, -0.25) is 0 Å². The molecule has 0 spiro atoms. The van der Waals surface area contributed by atoms with Crippen LogP contribution in [0.1, 0.15) is 25.0 Å². The van der Waals surface area contributed by atoms with Crippen molar-refractivity contribution in [2.45, 2.75) is 19.3 Å². The molecule has 0 radical (unpaired) electrons. The highest BCUT2D eigenvalue weighted by atomic mass is 15.0. The summed E-state index contributed by atoms with van der Waals surface area (Å²) in [6.45, 7) is 4.76. The van der Waals surface area contributed by atoms with E-state index in [-0.39, 0.29) is 5.41 Å². The third-order valence-electron chi connectivity index (χ3n) is 12.5. The zero-order valence-electron chi connectivity index (χ0n) is 33.8. The van der Waals surface area contributed by atoms with E-state index in [1.807, 2.05) is 60.7 Å². The van der Waals surface area contributed by atoms with Gasteiger partial charge >= 0.3 is 0 Å². The quantitative estimate of drug-likeness (QED) is 0.169. The van der Waals surface area contributed by atoms with Crippen LogP contribution in [0.3, 0.4) is 0 Å². The Kier molecular flexibility index (Phi) is 7.81. The van der Waals surface area contributed by atoms with Gasteiger partial charge in [0, 0.05) is 55.2 Å². The first-order chi connectivity index (χ1) is 30.0. The summed E-state index contributed by atoms with van der Waals surface area (Å²) >= 11 is 0. The molecule has 0 amide bonds. The Balaban J connectivity index is 1.16. The molecule has 3 heterocycles. The molecule has 0 atom stereocenters. The van der Waals surface area contributed by atoms with Crippen LogP contribution in [0.25, 0.3) is 101 Å².